The molecular formula is C34H70O3Si. The summed E-state index contributed by atoms with van der Waals surface area (Å²) < 4.78 is 7.07. The maximum absolute atomic E-state index is 10.7. The topological polar surface area (TPSA) is 49.7 Å². The van der Waals surface area contributed by atoms with Crippen molar-refractivity contribution >= 4 is 8.32 Å². The fraction of sp³-hybridized carbons (Fsp3) is 0.941. The highest BCUT2D eigenvalue weighted by atomic mass is 28.4. The first kappa shape index (κ1) is 37.8. The van der Waals surface area contributed by atoms with E-state index in [2.05, 4.69) is 110 Å². The second-order valence-corrected chi connectivity index (χ2v) is 21.2. The Balaban J connectivity index is 6.52. The molecule has 0 aliphatic carbocycles. The van der Waals surface area contributed by atoms with Crippen LogP contribution >= 0.6 is 0 Å². The quantitative estimate of drug-likeness (QED) is 0.107. The third-order valence-corrected chi connectivity index (χ3v) is 17.5. The van der Waals surface area contributed by atoms with Gasteiger partial charge in [0, 0.05) is 6.42 Å². The normalized spacial score (nSPS) is 17.3. The third-order valence-electron chi connectivity index (χ3n) is 12.9. The molecule has 0 bridgehead atoms. The Kier molecular flexibility index (Phi) is 12.3. The van der Waals surface area contributed by atoms with Crippen molar-refractivity contribution in [2.75, 3.05) is 6.61 Å². The summed E-state index contributed by atoms with van der Waals surface area (Å²) in [6.45, 7) is 44.3. The highest BCUT2D eigenvalue weighted by Crippen LogP contribution is 2.71. The van der Waals surface area contributed by atoms with Crippen LogP contribution in [0.2, 0.25) is 18.1 Å². The Morgan fingerprint density at radius 1 is 0.789 bits per heavy atom. The van der Waals surface area contributed by atoms with Crippen LogP contribution in [-0.4, -0.2) is 36.8 Å². The smallest absolute Gasteiger partial charge is 0.193 e. The van der Waals surface area contributed by atoms with E-state index >= 15 is 0 Å². The Bertz CT molecular complexity index is 769. The summed E-state index contributed by atoms with van der Waals surface area (Å²) >= 11 is 0. The molecule has 0 aromatic rings. The average Bonchev–Trinajstić information content (AvgIpc) is 2.71. The molecule has 0 heterocycles. The van der Waals surface area contributed by atoms with E-state index in [1.807, 2.05) is 6.92 Å². The van der Waals surface area contributed by atoms with Gasteiger partial charge in [-0.25, -0.2) is 0 Å². The molecular weight excluding hydrogens is 484 g/mol. The van der Waals surface area contributed by atoms with Crippen molar-refractivity contribution in [2.24, 2.45) is 27.1 Å². The monoisotopic (exact) mass is 555 g/mol. The van der Waals surface area contributed by atoms with Crippen molar-refractivity contribution in [3.8, 4) is 0 Å². The maximum atomic E-state index is 10.7. The van der Waals surface area contributed by atoms with Gasteiger partial charge in [-0.3, -0.25) is 0 Å². The largest absolute Gasteiger partial charge is 0.413 e. The zero-order chi connectivity index (χ0) is 30.8. The van der Waals surface area contributed by atoms with Crippen LogP contribution in [0, 0.1) is 27.1 Å². The first-order valence-electron chi connectivity index (χ1n) is 15.3. The first-order valence-corrected chi connectivity index (χ1v) is 18.2. The van der Waals surface area contributed by atoms with E-state index in [1.54, 1.807) is 6.92 Å². The molecule has 0 saturated heterocycles. The van der Waals surface area contributed by atoms with E-state index < -0.39 is 13.9 Å². The van der Waals surface area contributed by atoms with Gasteiger partial charge in [-0.1, -0.05) is 115 Å². The van der Waals surface area contributed by atoms with Gasteiger partial charge >= 0.3 is 0 Å². The van der Waals surface area contributed by atoms with Crippen LogP contribution in [0.3, 0.4) is 0 Å². The molecule has 2 atom stereocenters. The standard InChI is InChI=1S/C34H70O3Si/c1-19-20-21-22-28(4,5)29(6,7)30(8,9)31(10,11)32(12,13)33(14,15)38(17,18)37-27(23-26(2)3)24-34(16,36)25-35/h27,35-36H,2,19-25H2,1,3-18H3. The molecule has 0 aliphatic rings. The summed E-state index contributed by atoms with van der Waals surface area (Å²) in [5.41, 5.74) is 0.109. The SMILES string of the molecule is C=C(C)CC(CC(C)(O)CO)O[Si](C)(C)C(C)(C)C(C)(C)C(C)(C)C(C)(C)C(C)(C)C(C)(C)CCCCC. The van der Waals surface area contributed by atoms with Gasteiger partial charge in [-0.15, -0.1) is 6.58 Å². The lowest BCUT2D eigenvalue weighted by Crippen LogP contribution is -2.62. The van der Waals surface area contributed by atoms with Gasteiger partial charge in [-0.2, -0.15) is 0 Å². The number of aliphatic hydroxyl groups is 2. The van der Waals surface area contributed by atoms with Crippen molar-refractivity contribution in [1.82, 2.24) is 0 Å². The second-order valence-electron chi connectivity index (χ2n) is 16.7. The van der Waals surface area contributed by atoms with Gasteiger partial charge in [0.05, 0.1) is 18.3 Å². The molecule has 0 fully saturated rings. The molecule has 0 radical (unpaired) electrons. The summed E-state index contributed by atoms with van der Waals surface area (Å²) in [5.74, 6) is 0. The molecule has 4 heteroatoms. The summed E-state index contributed by atoms with van der Waals surface area (Å²) in [7, 11) is -2.36. The number of hydrogen-bond donors (Lipinski definition) is 2. The molecule has 0 rings (SSSR count). The minimum absolute atomic E-state index is 0.0247. The number of aliphatic hydroxyl groups excluding tert-OH is 1. The van der Waals surface area contributed by atoms with E-state index in [4.69, 9.17) is 4.43 Å². The third kappa shape index (κ3) is 7.37. The van der Waals surface area contributed by atoms with Gasteiger partial charge in [0.2, 0.25) is 0 Å². The molecule has 38 heavy (non-hydrogen) atoms. The summed E-state index contributed by atoms with van der Waals surface area (Å²) in [6.07, 6.45) is 6.01. The summed E-state index contributed by atoms with van der Waals surface area (Å²) in [6, 6.07) is 0. The maximum Gasteiger partial charge on any atom is 0.193 e. The minimum atomic E-state index is -2.36. The Morgan fingerprint density at radius 2 is 1.24 bits per heavy atom. The Morgan fingerprint density at radius 3 is 1.63 bits per heavy atom. The van der Waals surface area contributed by atoms with Crippen molar-refractivity contribution < 1.29 is 14.6 Å². The first-order chi connectivity index (χ1) is 16.6. The van der Waals surface area contributed by atoms with Crippen molar-refractivity contribution in [3.05, 3.63) is 12.2 Å². The van der Waals surface area contributed by atoms with Crippen LogP contribution in [-0.2, 0) is 4.43 Å². The summed E-state index contributed by atoms with van der Waals surface area (Å²) in [4.78, 5) is 0. The minimum Gasteiger partial charge on any atom is -0.413 e. The molecule has 0 aromatic heterocycles. The molecule has 0 aliphatic heterocycles. The fourth-order valence-electron chi connectivity index (χ4n) is 6.73. The van der Waals surface area contributed by atoms with Crippen LogP contribution in [0.1, 0.15) is 142 Å². The Hall–Kier alpha value is -0.163. The van der Waals surface area contributed by atoms with Gasteiger partial charge in [0.25, 0.3) is 0 Å². The molecule has 2 unspecified atom stereocenters. The van der Waals surface area contributed by atoms with E-state index in [9.17, 15) is 10.2 Å². The van der Waals surface area contributed by atoms with Crippen LogP contribution in [0.25, 0.3) is 0 Å². The van der Waals surface area contributed by atoms with Crippen molar-refractivity contribution in [1.29, 1.82) is 0 Å². The second kappa shape index (κ2) is 12.4. The molecule has 0 spiro atoms. The fourth-order valence-corrected chi connectivity index (χ4v) is 9.85. The van der Waals surface area contributed by atoms with E-state index in [0.717, 1.165) is 5.57 Å². The van der Waals surface area contributed by atoms with E-state index in [1.165, 1.54) is 25.7 Å². The lowest BCUT2D eigenvalue weighted by atomic mass is 9.40. The van der Waals surface area contributed by atoms with Crippen LogP contribution in [0.15, 0.2) is 12.2 Å². The lowest BCUT2D eigenvalue weighted by Gasteiger charge is -2.67. The zero-order valence-corrected chi connectivity index (χ0v) is 30.0. The number of unbranched alkanes of at least 4 members (excludes halogenated alkanes) is 2. The number of rotatable bonds is 17. The molecule has 0 amide bonds. The number of hydrogen-bond acceptors (Lipinski definition) is 3. The zero-order valence-electron chi connectivity index (χ0n) is 29.0. The van der Waals surface area contributed by atoms with E-state index in [0.29, 0.717) is 12.8 Å². The van der Waals surface area contributed by atoms with Gasteiger partial charge in [0.15, 0.2) is 8.32 Å². The van der Waals surface area contributed by atoms with Crippen molar-refractivity contribution in [3.63, 3.8) is 0 Å². The molecule has 3 nitrogen and oxygen atoms in total. The predicted molar refractivity (Wildman–Crippen MR) is 171 cm³/mol. The Labute approximate surface area is 240 Å². The highest BCUT2D eigenvalue weighted by Gasteiger charge is 2.64. The molecule has 0 saturated carbocycles. The highest BCUT2D eigenvalue weighted by molar-refractivity contribution is 6.74. The van der Waals surface area contributed by atoms with Gasteiger partial charge in [-0.05, 0) is 71.9 Å². The van der Waals surface area contributed by atoms with Crippen LogP contribution in [0.4, 0.5) is 0 Å². The van der Waals surface area contributed by atoms with Crippen molar-refractivity contribution in [2.45, 2.75) is 172 Å². The molecule has 228 valence electrons. The lowest BCUT2D eigenvalue weighted by molar-refractivity contribution is -0.155. The summed E-state index contributed by atoms with van der Waals surface area (Å²) in [5, 5.41) is 20.4. The molecule has 0 aromatic carbocycles. The van der Waals surface area contributed by atoms with E-state index in [-0.39, 0.29) is 44.8 Å². The predicted octanol–water partition coefficient (Wildman–Crippen LogP) is 10.2. The van der Waals surface area contributed by atoms with Crippen LogP contribution in [0.5, 0.6) is 0 Å². The van der Waals surface area contributed by atoms with Gasteiger partial charge < -0.3 is 14.6 Å². The average molecular weight is 555 g/mol. The van der Waals surface area contributed by atoms with Crippen LogP contribution < -0.4 is 0 Å². The molecule has 2 N–H and O–H groups in total. The van der Waals surface area contributed by atoms with Gasteiger partial charge in [0.1, 0.15) is 0 Å².